The van der Waals surface area contributed by atoms with E-state index < -0.39 is 17.1 Å². The molecule has 0 saturated heterocycles. The topological polar surface area (TPSA) is 115 Å². The van der Waals surface area contributed by atoms with Gasteiger partial charge in [0.2, 0.25) is 5.91 Å². The summed E-state index contributed by atoms with van der Waals surface area (Å²) in [6, 6.07) is 28.2. The number of para-hydroxylation sites is 2. The lowest BCUT2D eigenvalue weighted by Crippen LogP contribution is -2.30. The quantitative estimate of drug-likeness (QED) is 0.113. The fourth-order valence-corrected chi connectivity index (χ4v) is 5.06. The first kappa shape index (κ1) is 32.7. The van der Waals surface area contributed by atoms with Crippen molar-refractivity contribution in [2.24, 2.45) is 0 Å². The van der Waals surface area contributed by atoms with Crippen molar-refractivity contribution in [1.29, 1.82) is 0 Å². The number of carbonyl (C=O) groups is 3. The molecule has 0 fully saturated rings. The molecule has 45 heavy (non-hydrogen) atoms. The van der Waals surface area contributed by atoms with Crippen LogP contribution in [0.2, 0.25) is 0 Å². The van der Waals surface area contributed by atoms with E-state index in [1.807, 2.05) is 44.2 Å². The van der Waals surface area contributed by atoms with Crippen LogP contribution in [-0.2, 0) is 9.59 Å². The minimum absolute atomic E-state index is 0.0170. The van der Waals surface area contributed by atoms with E-state index in [0.717, 1.165) is 4.90 Å². The van der Waals surface area contributed by atoms with Crippen molar-refractivity contribution in [3.05, 3.63) is 114 Å². The molecule has 3 amide bonds. The van der Waals surface area contributed by atoms with Gasteiger partial charge in [-0.05, 0) is 80.6 Å². The summed E-state index contributed by atoms with van der Waals surface area (Å²) in [5.41, 5.74) is 2.11. The van der Waals surface area contributed by atoms with Crippen LogP contribution in [0.15, 0.2) is 108 Å². The number of nitrogens with one attached hydrogen (secondary N) is 3. The van der Waals surface area contributed by atoms with Gasteiger partial charge in [0, 0.05) is 27.8 Å². The van der Waals surface area contributed by atoms with Crippen molar-refractivity contribution < 1.29 is 28.6 Å². The average Bonchev–Trinajstić information content (AvgIpc) is 3.06. The summed E-state index contributed by atoms with van der Waals surface area (Å²) in [4.78, 5) is 40.2. The van der Waals surface area contributed by atoms with Gasteiger partial charge in [0.25, 0.3) is 11.8 Å². The minimum atomic E-state index is -0.529. The molecule has 4 rings (SSSR count). The summed E-state index contributed by atoms with van der Waals surface area (Å²) in [5, 5.41) is 8.10. The van der Waals surface area contributed by atoms with Gasteiger partial charge in [-0.15, -0.1) is 11.8 Å². The molecule has 0 heterocycles. The van der Waals surface area contributed by atoms with Crippen LogP contribution in [0.3, 0.4) is 0 Å². The van der Waals surface area contributed by atoms with Gasteiger partial charge in [-0.3, -0.25) is 14.4 Å². The molecule has 0 bridgehead atoms. The first-order valence-corrected chi connectivity index (χ1v) is 15.1. The van der Waals surface area contributed by atoms with Crippen LogP contribution in [0.1, 0.15) is 29.8 Å². The fraction of sp³-hybridized carbons (Fsp3) is 0.171. The summed E-state index contributed by atoms with van der Waals surface area (Å²) in [6.07, 6.45) is 1.54. The van der Waals surface area contributed by atoms with Gasteiger partial charge < -0.3 is 30.2 Å². The van der Waals surface area contributed by atoms with Gasteiger partial charge >= 0.3 is 0 Å². The fourth-order valence-electron chi connectivity index (χ4n) is 4.19. The Kier molecular flexibility index (Phi) is 11.6. The van der Waals surface area contributed by atoms with Crippen molar-refractivity contribution in [2.45, 2.75) is 24.0 Å². The lowest BCUT2D eigenvalue weighted by Gasteiger charge is -2.15. The maximum absolute atomic E-state index is 13.5. The smallest absolute Gasteiger partial charge is 0.272 e. The lowest BCUT2D eigenvalue weighted by molar-refractivity contribution is -0.115. The molecule has 9 nitrogen and oxygen atoms in total. The normalized spacial score (nSPS) is 11.6. The van der Waals surface area contributed by atoms with E-state index in [1.54, 1.807) is 79.9 Å². The molecule has 1 atom stereocenters. The highest BCUT2D eigenvalue weighted by Gasteiger charge is 2.18. The summed E-state index contributed by atoms with van der Waals surface area (Å²) in [5.74, 6) is 0.537. The number of ether oxygens (including phenoxy) is 3. The Morgan fingerprint density at radius 3 is 2.22 bits per heavy atom. The molecule has 4 aromatic rings. The highest BCUT2D eigenvalue weighted by Crippen LogP contribution is 2.29. The van der Waals surface area contributed by atoms with Crippen LogP contribution in [-0.4, -0.2) is 43.8 Å². The Labute approximate surface area is 267 Å². The second kappa shape index (κ2) is 16.0. The first-order chi connectivity index (χ1) is 21.8. The molecule has 0 aromatic heterocycles. The third-order valence-electron chi connectivity index (χ3n) is 6.51. The van der Waals surface area contributed by atoms with Crippen molar-refractivity contribution in [2.75, 3.05) is 31.5 Å². The number of thioether (sulfide) groups is 1. The zero-order valence-corrected chi connectivity index (χ0v) is 26.3. The predicted molar refractivity (Wildman–Crippen MR) is 178 cm³/mol. The predicted octanol–water partition coefficient (Wildman–Crippen LogP) is 6.63. The van der Waals surface area contributed by atoms with E-state index >= 15 is 0 Å². The number of carbonyl (C=O) groups excluding carboxylic acids is 3. The standard InChI is InChI=1S/C35H35N3O6S/c1-5-44-31-14-10-9-13-29(31)37-33(39)23(2)45-28-19-16-26(17-20-28)36-35(41)30(38-34(40)24-11-7-6-8-12-24)21-25-15-18-27(42-3)22-32(25)43-4/h6-23H,5H2,1-4H3,(H,36,41)(H,37,39)(H,38,40)/b30-21-. The number of rotatable bonds is 13. The minimum Gasteiger partial charge on any atom is -0.497 e. The van der Waals surface area contributed by atoms with Crippen molar-refractivity contribution >= 4 is 46.9 Å². The molecular formula is C35H35N3O6S. The van der Waals surface area contributed by atoms with E-state index in [1.165, 1.54) is 18.9 Å². The van der Waals surface area contributed by atoms with Gasteiger partial charge in [0.05, 0.1) is 31.8 Å². The molecule has 3 N–H and O–H groups in total. The summed E-state index contributed by atoms with van der Waals surface area (Å²) < 4.78 is 16.4. The Morgan fingerprint density at radius 1 is 0.822 bits per heavy atom. The molecular weight excluding hydrogens is 590 g/mol. The molecule has 0 aliphatic rings. The number of hydrogen-bond acceptors (Lipinski definition) is 7. The van der Waals surface area contributed by atoms with Gasteiger partial charge in [-0.2, -0.15) is 0 Å². The largest absolute Gasteiger partial charge is 0.497 e. The SMILES string of the molecule is CCOc1ccccc1NC(=O)C(C)Sc1ccc(NC(=O)/C(=C/c2ccc(OC)cc2OC)NC(=O)c2ccccc2)cc1. The van der Waals surface area contributed by atoms with Gasteiger partial charge in [-0.25, -0.2) is 0 Å². The number of benzene rings is 4. The van der Waals surface area contributed by atoms with Crippen LogP contribution in [0.25, 0.3) is 6.08 Å². The molecule has 10 heteroatoms. The Bertz CT molecular complexity index is 1660. The molecule has 1 unspecified atom stereocenters. The number of anilines is 2. The second-order valence-electron chi connectivity index (χ2n) is 9.64. The zero-order chi connectivity index (χ0) is 32.2. The van der Waals surface area contributed by atoms with Crippen LogP contribution >= 0.6 is 11.8 Å². The molecule has 4 aromatic carbocycles. The van der Waals surface area contributed by atoms with E-state index in [4.69, 9.17) is 14.2 Å². The van der Waals surface area contributed by atoms with Crippen molar-refractivity contribution in [3.8, 4) is 17.2 Å². The van der Waals surface area contributed by atoms with Gasteiger partial charge in [0.15, 0.2) is 0 Å². The van der Waals surface area contributed by atoms with Crippen LogP contribution in [0.5, 0.6) is 17.2 Å². The molecule has 0 saturated carbocycles. The average molecular weight is 626 g/mol. The third-order valence-corrected chi connectivity index (χ3v) is 7.62. The van der Waals surface area contributed by atoms with E-state index in [-0.39, 0.29) is 11.6 Å². The summed E-state index contributed by atoms with van der Waals surface area (Å²) >= 11 is 1.38. The summed E-state index contributed by atoms with van der Waals surface area (Å²) in [7, 11) is 3.06. The Hall–Kier alpha value is -5.22. The number of hydrogen-bond donors (Lipinski definition) is 3. The first-order valence-electron chi connectivity index (χ1n) is 14.2. The highest BCUT2D eigenvalue weighted by atomic mass is 32.2. The second-order valence-corrected chi connectivity index (χ2v) is 11.1. The summed E-state index contributed by atoms with van der Waals surface area (Å²) in [6.45, 7) is 4.20. The van der Waals surface area contributed by atoms with Gasteiger partial charge in [0.1, 0.15) is 22.9 Å². The van der Waals surface area contributed by atoms with Crippen LogP contribution in [0, 0.1) is 0 Å². The number of methoxy groups -OCH3 is 2. The molecule has 0 aliphatic carbocycles. The molecule has 232 valence electrons. The van der Waals surface area contributed by atoms with Gasteiger partial charge in [-0.1, -0.05) is 30.3 Å². The van der Waals surface area contributed by atoms with Crippen LogP contribution in [0.4, 0.5) is 11.4 Å². The Balaban J connectivity index is 1.47. The van der Waals surface area contributed by atoms with E-state index in [9.17, 15) is 14.4 Å². The Morgan fingerprint density at radius 2 is 1.53 bits per heavy atom. The maximum Gasteiger partial charge on any atom is 0.272 e. The van der Waals surface area contributed by atoms with E-state index in [2.05, 4.69) is 16.0 Å². The highest BCUT2D eigenvalue weighted by molar-refractivity contribution is 8.00. The molecule has 0 spiro atoms. The van der Waals surface area contributed by atoms with Crippen LogP contribution < -0.4 is 30.2 Å². The molecule has 0 aliphatic heterocycles. The third kappa shape index (κ3) is 9.14. The molecule has 0 radical (unpaired) electrons. The lowest BCUT2D eigenvalue weighted by atomic mass is 10.1. The van der Waals surface area contributed by atoms with E-state index in [0.29, 0.717) is 46.4 Å². The van der Waals surface area contributed by atoms with Crippen molar-refractivity contribution in [3.63, 3.8) is 0 Å². The monoisotopic (exact) mass is 625 g/mol. The zero-order valence-electron chi connectivity index (χ0n) is 25.5. The maximum atomic E-state index is 13.5. The van der Waals surface area contributed by atoms with Crippen molar-refractivity contribution in [1.82, 2.24) is 5.32 Å². The number of amides is 3.